The second kappa shape index (κ2) is 6.33. The molecule has 5 nitrogen and oxygen atoms in total. The zero-order valence-corrected chi connectivity index (χ0v) is 12.6. The number of aromatic nitrogens is 1. The quantitative estimate of drug-likeness (QED) is 0.336. The van der Waals surface area contributed by atoms with Crippen LogP contribution in [0.25, 0.3) is 22.6 Å². The molecule has 0 unspecified atom stereocenters. The first kappa shape index (κ1) is 14.2. The molecular formula is C16H12N4OS. The Kier molecular flexibility index (Phi) is 4.08. The lowest BCUT2D eigenvalue weighted by molar-refractivity contribution is 0.620. The summed E-state index contributed by atoms with van der Waals surface area (Å²) in [6.07, 6.45) is 3.73. The standard InChI is InChI=1S/C16H12N4OS/c1-22-16(18-10-17)19-12-6-4-5-11(9-12)15-20-13-7-2-3-8-14(13)21-15/h2-9H,1H3,(H,18,19). The van der Waals surface area contributed by atoms with Gasteiger partial charge >= 0.3 is 0 Å². The Balaban J connectivity index is 1.99. The number of para-hydroxylation sites is 2. The largest absolute Gasteiger partial charge is 0.436 e. The van der Waals surface area contributed by atoms with E-state index in [1.807, 2.05) is 61.0 Å². The highest BCUT2D eigenvalue weighted by Crippen LogP contribution is 2.27. The summed E-state index contributed by atoms with van der Waals surface area (Å²) < 4.78 is 5.76. The molecule has 0 aliphatic heterocycles. The highest BCUT2D eigenvalue weighted by molar-refractivity contribution is 8.13. The van der Waals surface area contributed by atoms with E-state index in [0.717, 1.165) is 22.4 Å². The zero-order chi connectivity index (χ0) is 15.4. The van der Waals surface area contributed by atoms with Gasteiger partial charge in [0.1, 0.15) is 5.52 Å². The van der Waals surface area contributed by atoms with Gasteiger partial charge in [-0.15, -0.1) is 0 Å². The summed E-state index contributed by atoms with van der Waals surface area (Å²) in [5.41, 5.74) is 3.14. The van der Waals surface area contributed by atoms with Gasteiger partial charge in [-0.25, -0.2) is 9.98 Å². The molecule has 1 heterocycles. The first-order valence-corrected chi connectivity index (χ1v) is 7.76. The topological polar surface area (TPSA) is 74.2 Å². The normalized spacial score (nSPS) is 11.4. The van der Waals surface area contributed by atoms with Crippen LogP contribution < -0.4 is 5.32 Å². The van der Waals surface area contributed by atoms with Crippen LogP contribution in [-0.4, -0.2) is 16.4 Å². The third kappa shape index (κ3) is 2.95. The number of amidine groups is 1. The molecule has 0 saturated heterocycles. The molecule has 0 saturated carbocycles. The van der Waals surface area contributed by atoms with Crippen LogP contribution in [0.3, 0.4) is 0 Å². The molecule has 0 spiro atoms. The summed E-state index contributed by atoms with van der Waals surface area (Å²) >= 11 is 1.37. The van der Waals surface area contributed by atoms with Gasteiger partial charge < -0.3 is 4.42 Å². The highest BCUT2D eigenvalue weighted by atomic mass is 32.2. The lowest BCUT2D eigenvalue weighted by Gasteiger charge is -2.01. The smallest absolute Gasteiger partial charge is 0.227 e. The Hall–Kier alpha value is -2.78. The molecule has 6 heteroatoms. The van der Waals surface area contributed by atoms with Crippen molar-refractivity contribution in [3.63, 3.8) is 0 Å². The van der Waals surface area contributed by atoms with Crippen molar-refractivity contribution in [1.82, 2.24) is 10.3 Å². The van der Waals surface area contributed by atoms with Crippen molar-refractivity contribution in [1.29, 1.82) is 5.26 Å². The van der Waals surface area contributed by atoms with Crippen LogP contribution in [-0.2, 0) is 0 Å². The van der Waals surface area contributed by atoms with Crippen LogP contribution in [0.5, 0.6) is 0 Å². The molecular weight excluding hydrogens is 296 g/mol. The lowest BCUT2D eigenvalue weighted by atomic mass is 10.2. The first-order chi connectivity index (χ1) is 10.8. The maximum atomic E-state index is 8.68. The van der Waals surface area contributed by atoms with Gasteiger partial charge in [-0.2, -0.15) is 5.26 Å². The summed E-state index contributed by atoms with van der Waals surface area (Å²) in [5.74, 6) is 0.553. The molecule has 0 radical (unpaired) electrons. The number of thioether (sulfide) groups is 1. The minimum atomic E-state index is 0.539. The third-order valence-electron chi connectivity index (χ3n) is 2.97. The van der Waals surface area contributed by atoms with Crippen LogP contribution in [0.4, 0.5) is 5.69 Å². The molecule has 1 aromatic heterocycles. The van der Waals surface area contributed by atoms with Crippen LogP contribution in [0.15, 0.2) is 57.9 Å². The van der Waals surface area contributed by atoms with Gasteiger partial charge in [0.05, 0.1) is 5.69 Å². The molecule has 3 rings (SSSR count). The summed E-state index contributed by atoms with van der Waals surface area (Å²) in [4.78, 5) is 8.85. The van der Waals surface area contributed by atoms with E-state index in [0.29, 0.717) is 11.1 Å². The lowest BCUT2D eigenvalue weighted by Crippen LogP contribution is -2.12. The van der Waals surface area contributed by atoms with Crippen molar-refractivity contribution in [3.8, 4) is 17.6 Å². The van der Waals surface area contributed by atoms with Gasteiger partial charge in [0, 0.05) is 5.56 Å². The number of hydrogen-bond donors (Lipinski definition) is 1. The molecule has 0 aliphatic carbocycles. The zero-order valence-electron chi connectivity index (χ0n) is 11.8. The van der Waals surface area contributed by atoms with Crippen molar-refractivity contribution in [2.75, 3.05) is 6.26 Å². The van der Waals surface area contributed by atoms with Crippen LogP contribution in [0, 0.1) is 11.5 Å². The van der Waals surface area contributed by atoms with Gasteiger partial charge in [-0.1, -0.05) is 30.0 Å². The van der Waals surface area contributed by atoms with Gasteiger partial charge in [0.25, 0.3) is 0 Å². The fourth-order valence-corrected chi connectivity index (χ4v) is 2.34. The van der Waals surface area contributed by atoms with E-state index in [1.54, 1.807) is 0 Å². The highest BCUT2D eigenvalue weighted by Gasteiger charge is 2.08. The van der Waals surface area contributed by atoms with E-state index in [1.165, 1.54) is 11.8 Å². The van der Waals surface area contributed by atoms with Crippen molar-refractivity contribution in [2.45, 2.75) is 0 Å². The van der Waals surface area contributed by atoms with Gasteiger partial charge in [-0.05, 0) is 36.6 Å². The summed E-state index contributed by atoms with van der Waals surface area (Å²) in [6.45, 7) is 0. The number of fused-ring (bicyclic) bond motifs is 1. The Bertz CT molecular complexity index is 846. The van der Waals surface area contributed by atoms with Gasteiger partial charge in [0.2, 0.25) is 5.89 Å². The molecule has 22 heavy (non-hydrogen) atoms. The number of hydrogen-bond acceptors (Lipinski definition) is 5. The summed E-state index contributed by atoms with van der Waals surface area (Å²) in [7, 11) is 0. The van der Waals surface area contributed by atoms with E-state index in [2.05, 4.69) is 15.3 Å². The van der Waals surface area contributed by atoms with Crippen LogP contribution in [0.2, 0.25) is 0 Å². The van der Waals surface area contributed by atoms with Crippen LogP contribution >= 0.6 is 11.8 Å². The maximum Gasteiger partial charge on any atom is 0.227 e. The van der Waals surface area contributed by atoms with E-state index in [-0.39, 0.29) is 0 Å². The third-order valence-corrected chi connectivity index (χ3v) is 3.55. The monoisotopic (exact) mass is 308 g/mol. The van der Waals surface area contributed by atoms with Crippen molar-refractivity contribution < 1.29 is 4.42 Å². The number of oxazole rings is 1. The van der Waals surface area contributed by atoms with Crippen molar-refractivity contribution in [2.24, 2.45) is 4.99 Å². The maximum absolute atomic E-state index is 8.68. The molecule has 2 aromatic carbocycles. The predicted octanol–water partition coefficient (Wildman–Crippen LogP) is 3.92. The first-order valence-electron chi connectivity index (χ1n) is 6.54. The number of nitrogens with one attached hydrogen (secondary N) is 1. The molecule has 0 fully saturated rings. The molecule has 3 aromatic rings. The van der Waals surface area contributed by atoms with E-state index in [9.17, 15) is 0 Å². The summed E-state index contributed by atoms with van der Waals surface area (Å²) in [5, 5.41) is 11.8. The van der Waals surface area contributed by atoms with Crippen LogP contribution in [0.1, 0.15) is 0 Å². The minimum Gasteiger partial charge on any atom is -0.436 e. The van der Waals surface area contributed by atoms with E-state index in [4.69, 9.17) is 9.68 Å². The number of aliphatic imine (C=N–C) groups is 1. The van der Waals surface area contributed by atoms with Gasteiger partial charge in [-0.3, -0.25) is 5.32 Å². The Labute approximate surface area is 131 Å². The summed E-state index contributed by atoms with van der Waals surface area (Å²) in [6, 6.07) is 15.2. The SMILES string of the molecule is CSC(=Nc1cccc(-c2nc3ccccc3o2)c1)NC#N. The van der Waals surface area contributed by atoms with Gasteiger partial charge in [0.15, 0.2) is 16.9 Å². The Morgan fingerprint density at radius 2 is 2.14 bits per heavy atom. The van der Waals surface area contributed by atoms with E-state index >= 15 is 0 Å². The second-order valence-corrected chi connectivity index (χ2v) is 5.19. The molecule has 0 amide bonds. The Morgan fingerprint density at radius 1 is 1.27 bits per heavy atom. The average Bonchev–Trinajstić information content (AvgIpc) is 2.99. The number of nitriles is 1. The Morgan fingerprint density at radius 3 is 2.91 bits per heavy atom. The number of nitrogens with zero attached hydrogens (tertiary/aromatic N) is 3. The fraction of sp³-hybridized carbons (Fsp3) is 0.0625. The molecule has 0 atom stereocenters. The van der Waals surface area contributed by atoms with Crippen molar-refractivity contribution >= 4 is 33.7 Å². The average molecular weight is 308 g/mol. The predicted molar refractivity (Wildman–Crippen MR) is 88.8 cm³/mol. The number of benzene rings is 2. The molecule has 0 aliphatic rings. The molecule has 108 valence electrons. The van der Waals surface area contributed by atoms with E-state index < -0.39 is 0 Å². The minimum absolute atomic E-state index is 0.539. The molecule has 0 bridgehead atoms. The second-order valence-electron chi connectivity index (χ2n) is 4.39. The van der Waals surface area contributed by atoms with Crippen molar-refractivity contribution in [3.05, 3.63) is 48.5 Å². The molecule has 1 N–H and O–H groups in total. The fourth-order valence-electron chi connectivity index (χ4n) is 1.99. The number of rotatable bonds is 2.